The van der Waals surface area contributed by atoms with E-state index in [9.17, 15) is 4.79 Å². The van der Waals surface area contributed by atoms with Crippen molar-refractivity contribution in [1.82, 2.24) is 5.43 Å². The Bertz CT molecular complexity index is 479. The van der Waals surface area contributed by atoms with E-state index >= 15 is 0 Å². The van der Waals surface area contributed by atoms with Crippen LogP contribution in [0.5, 0.6) is 5.75 Å². The molecule has 0 unspecified atom stereocenters. The van der Waals surface area contributed by atoms with Crippen LogP contribution in [-0.4, -0.2) is 18.7 Å². The van der Waals surface area contributed by atoms with E-state index in [1.165, 1.54) is 0 Å². The molecule has 0 saturated carbocycles. The molecule has 1 aromatic carbocycles. The maximum Gasteiger partial charge on any atom is 0.277 e. The molecule has 0 aromatic heterocycles. The Kier molecular flexibility index (Phi) is 6.22. The van der Waals surface area contributed by atoms with E-state index in [2.05, 4.69) is 30.4 Å². The van der Waals surface area contributed by atoms with Crippen LogP contribution in [0.3, 0.4) is 0 Å². The number of carbonyl (C=O) groups is 1. The summed E-state index contributed by atoms with van der Waals surface area (Å²) in [6.45, 7) is 10.2. The lowest BCUT2D eigenvalue weighted by Crippen LogP contribution is -2.25. The predicted octanol–water partition coefficient (Wildman–Crippen LogP) is 3.26. The highest BCUT2D eigenvalue weighted by atomic mass is 16.5. The lowest BCUT2D eigenvalue weighted by Gasteiger charge is -2.14. The van der Waals surface area contributed by atoms with Crippen LogP contribution in [0.1, 0.15) is 44.7 Å². The van der Waals surface area contributed by atoms with Gasteiger partial charge in [0, 0.05) is 6.21 Å². The molecule has 4 nitrogen and oxygen atoms in total. The van der Waals surface area contributed by atoms with Gasteiger partial charge in [0.05, 0.1) is 0 Å². The predicted molar refractivity (Wildman–Crippen MR) is 82.2 cm³/mol. The van der Waals surface area contributed by atoms with Crippen LogP contribution >= 0.6 is 0 Å². The fraction of sp³-hybridized carbons (Fsp3) is 0.500. The van der Waals surface area contributed by atoms with E-state index in [0.29, 0.717) is 11.8 Å². The summed E-state index contributed by atoms with van der Waals surface area (Å²) in [4.78, 5) is 11.6. The topological polar surface area (TPSA) is 50.7 Å². The van der Waals surface area contributed by atoms with E-state index in [-0.39, 0.29) is 12.5 Å². The molecule has 0 atom stereocenters. The van der Waals surface area contributed by atoms with E-state index in [1.807, 2.05) is 32.9 Å². The van der Waals surface area contributed by atoms with E-state index in [0.717, 1.165) is 16.9 Å². The van der Waals surface area contributed by atoms with Gasteiger partial charge in [0.25, 0.3) is 5.91 Å². The summed E-state index contributed by atoms with van der Waals surface area (Å²) < 4.78 is 5.61. The standard InChI is InChI=1S/C16H24N2O2/c1-11(2)9-17-18-16(19)10-20-15-8-13(5)6-7-14(15)12(3)4/h6-9,11-12H,10H2,1-5H3,(H,18,19)/b17-9+. The van der Waals surface area contributed by atoms with Crippen molar-refractivity contribution in [2.75, 3.05) is 6.61 Å². The van der Waals surface area contributed by atoms with Crippen LogP contribution in [-0.2, 0) is 4.79 Å². The minimum Gasteiger partial charge on any atom is -0.483 e. The Morgan fingerprint density at radius 1 is 1.35 bits per heavy atom. The van der Waals surface area contributed by atoms with Crippen molar-refractivity contribution in [1.29, 1.82) is 0 Å². The van der Waals surface area contributed by atoms with Crippen LogP contribution < -0.4 is 10.2 Å². The molecule has 20 heavy (non-hydrogen) atoms. The molecule has 0 heterocycles. The number of amides is 1. The first-order valence-electron chi connectivity index (χ1n) is 6.95. The summed E-state index contributed by atoms with van der Waals surface area (Å²) in [5.74, 6) is 1.18. The minimum atomic E-state index is -0.252. The molecule has 1 aromatic rings. The minimum absolute atomic E-state index is 0.0292. The summed E-state index contributed by atoms with van der Waals surface area (Å²) in [5.41, 5.74) is 4.67. The van der Waals surface area contributed by atoms with Crippen LogP contribution in [0.15, 0.2) is 23.3 Å². The third kappa shape index (κ3) is 5.43. The fourth-order valence-electron chi connectivity index (χ4n) is 1.68. The van der Waals surface area contributed by atoms with Gasteiger partial charge in [-0.05, 0) is 36.0 Å². The zero-order valence-electron chi connectivity index (χ0n) is 12.9. The van der Waals surface area contributed by atoms with Gasteiger partial charge >= 0.3 is 0 Å². The normalized spacial score (nSPS) is 11.3. The van der Waals surface area contributed by atoms with Gasteiger partial charge in [-0.3, -0.25) is 4.79 Å². The van der Waals surface area contributed by atoms with Gasteiger partial charge in [0.1, 0.15) is 5.75 Å². The van der Waals surface area contributed by atoms with Gasteiger partial charge in [-0.2, -0.15) is 5.10 Å². The van der Waals surface area contributed by atoms with Gasteiger partial charge in [-0.25, -0.2) is 5.43 Å². The van der Waals surface area contributed by atoms with Crippen molar-refractivity contribution in [3.8, 4) is 5.75 Å². The lowest BCUT2D eigenvalue weighted by atomic mass is 10.0. The molecule has 4 heteroatoms. The molecule has 0 bridgehead atoms. The van der Waals surface area contributed by atoms with Gasteiger partial charge in [-0.1, -0.05) is 39.8 Å². The zero-order chi connectivity index (χ0) is 15.1. The Balaban J connectivity index is 2.61. The summed E-state index contributed by atoms with van der Waals surface area (Å²) >= 11 is 0. The van der Waals surface area contributed by atoms with Crippen molar-refractivity contribution in [2.45, 2.75) is 40.5 Å². The van der Waals surface area contributed by atoms with Crippen LogP contribution in [0, 0.1) is 12.8 Å². The number of hydrogen-bond donors (Lipinski definition) is 1. The highest BCUT2D eigenvalue weighted by molar-refractivity contribution is 5.78. The average molecular weight is 276 g/mol. The summed E-state index contributed by atoms with van der Waals surface area (Å²) in [7, 11) is 0. The van der Waals surface area contributed by atoms with Crippen LogP contribution in [0.25, 0.3) is 0 Å². The largest absolute Gasteiger partial charge is 0.483 e. The van der Waals surface area contributed by atoms with E-state index in [1.54, 1.807) is 6.21 Å². The first-order chi connectivity index (χ1) is 9.40. The van der Waals surface area contributed by atoms with E-state index < -0.39 is 0 Å². The van der Waals surface area contributed by atoms with Gasteiger partial charge in [0.2, 0.25) is 0 Å². The zero-order valence-corrected chi connectivity index (χ0v) is 12.9. The summed E-state index contributed by atoms with van der Waals surface area (Å²) in [6, 6.07) is 6.05. The monoisotopic (exact) mass is 276 g/mol. The Morgan fingerprint density at radius 2 is 2.05 bits per heavy atom. The third-order valence-corrected chi connectivity index (χ3v) is 2.71. The van der Waals surface area contributed by atoms with Gasteiger partial charge < -0.3 is 4.74 Å². The number of rotatable bonds is 6. The molecule has 0 aliphatic rings. The van der Waals surface area contributed by atoms with Crippen molar-refractivity contribution in [2.24, 2.45) is 11.0 Å². The Morgan fingerprint density at radius 3 is 2.65 bits per heavy atom. The van der Waals surface area contributed by atoms with Crippen molar-refractivity contribution in [3.05, 3.63) is 29.3 Å². The number of ether oxygens (including phenoxy) is 1. The van der Waals surface area contributed by atoms with Crippen LogP contribution in [0.4, 0.5) is 0 Å². The Hall–Kier alpha value is -1.84. The highest BCUT2D eigenvalue weighted by Gasteiger charge is 2.09. The molecule has 0 radical (unpaired) electrons. The van der Waals surface area contributed by atoms with Gasteiger partial charge in [-0.15, -0.1) is 0 Å². The number of aryl methyl sites for hydroxylation is 1. The number of nitrogens with zero attached hydrogens (tertiary/aromatic N) is 1. The maximum atomic E-state index is 11.6. The van der Waals surface area contributed by atoms with Crippen molar-refractivity contribution >= 4 is 12.1 Å². The molecule has 0 aliphatic heterocycles. The number of benzene rings is 1. The second-order valence-electron chi connectivity index (χ2n) is 5.54. The summed E-state index contributed by atoms with van der Waals surface area (Å²) in [6.07, 6.45) is 1.68. The molecule has 1 N–H and O–H groups in total. The SMILES string of the molecule is Cc1ccc(C(C)C)c(OCC(=O)N/N=C/C(C)C)c1. The average Bonchev–Trinajstić information content (AvgIpc) is 2.35. The molecule has 0 aliphatic carbocycles. The van der Waals surface area contributed by atoms with Crippen molar-refractivity contribution < 1.29 is 9.53 Å². The first-order valence-corrected chi connectivity index (χ1v) is 6.95. The highest BCUT2D eigenvalue weighted by Crippen LogP contribution is 2.27. The molecule has 0 spiro atoms. The Labute approximate surface area is 121 Å². The van der Waals surface area contributed by atoms with Crippen LogP contribution in [0.2, 0.25) is 0 Å². The fourth-order valence-corrected chi connectivity index (χ4v) is 1.68. The summed E-state index contributed by atoms with van der Waals surface area (Å²) in [5, 5.41) is 3.85. The molecule has 1 amide bonds. The molecule has 0 fully saturated rings. The smallest absolute Gasteiger partial charge is 0.277 e. The molecule has 0 saturated heterocycles. The molecular weight excluding hydrogens is 252 g/mol. The van der Waals surface area contributed by atoms with Gasteiger partial charge in [0.15, 0.2) is 6.61 Å². The first kappa shape index (κ1) is 16.2. The molecular formula is C16H24N2O2. The quantitative estimate of drug-likeness (QED) is 0.640. The lowest BCUT2D eigenvalue weighted by molar-refractivity contribution is -0.123. The second kappa shape index (κ2) is 7.68. The molecule has 1 rings (SSSR count). The second-order valence-corrected chi connectivity index (χ2v) is 5.54. The number of hydrogen-bond acceptors (Lipinski definition) is 3. The number of hydrazone groups is 1. The molecule has 110 valence electrons. The number of nitrogens with one attached hydrogen (secondary N) is 1. The number of carbonyl (C=O) groups excluding carboxylic acids is 1. The van der Waals surface area contributed by atoms with E-state index in [4.69, 9.17) is 4.74 Å². The van der Waals surface area contributed by atoms with Crippen molar-refractivity contribution in [3.63, 3.8) is 0 Å². The third-order valence-electron chi connectivity index (χ3n) is 2.71. The maximum absolute atomic E-state index is 11.6.